The van der Waals surface area contributed by atoms with E-state index in [1.165, 1.54) is 31.9 Å². The zero-order chi connectivity index (χ0) is 18.7. The lowest BCUT2D eigenvalue weighted by Gasteiger charge is -2.18. The molecule has 0 aromatic heterocycles. The molecule has 1 aromatic carbocycles. The van der Waals surface area contributed by atoms with Crippen molar-refractivity contribution >= 4 is 39.8 Å². The Morgan fingerprint density at radius 1 is 1.19 bits per heavy atom. The zero-order valence-corrected chi connectivity index (χ0v) is 19.6. The molecule has 2 aliphatic carbocycles. The number of guanidine groups is 1. The predicted molar refractivity (Wildman–Crippen MR) is 121 cm³/mol. The number of hydrogen-bond donors (Lipinski definition) is 2. The number of rotatable bonds is 8. The molecule has 7 heteroatoms. The minimum absolute atomic E-state index is 0. The molecule has 2 saturated carbocycles. The van der Waals surface area contributed by atoms with Crippen LogP contribution in [0, 0.1) is 24.7 Å². The minimum Gasteiger partial charge on any atom is -0.357 e. The van der Waals surface area contributed by atoms with Crippen molar-refractivity contribution in [1.82, 2.24) is 10.6 Å². The molecule has 0 spiro atoms. The lowest BCUT2D eigenvalue weighted by atomic mass is 9.98. The maximum Gasteiger partial charge on any atom is 0.191 e. The molecule has 2 N–H and O–H groups in total. The van der Waals surface area contributed by atoms with Crippen molar-refractivity contribution < 1.29 is 8.42 Å². The summed E-state index contributed by atoms with van der Waals surface area (Å²) in [5.74, 6) is 3.49. The Morgan fingerprint density at radius 2 is 1.81 bits per heavy atom. The van der Waals surface area contributed by atoms with Gasteiger partial charge in [0.15, 0.2) is 15.8 Å². The van der Waals surface area contributed by atoms with Crippen molar-refractivity contribution in [3.05, 3.63) is 29.3 Å². The SMILES string of the molecule is CCNC(=NCc1ccc(S(C)(=O)=O)c(C)c1)NCC(C1CC1)C1CC1.I. The number of benzene rings is 1. The quantitative estimate of drug-likeness (QED) is 0.322. The summed E-state index contributed by atoms with van der Waals surface area (Å²) in [6.45, 7) is 6.28. The third-order valence-electron chi connectivity index (χ3n) is 5.36. The Morgan fingerprint density at radius 3 is 2.30 bits per heavy atom. The molecule has 0 amide bonds. The van der Waals surface area contributed by atoms with Crippen molar-refractivity contribution in [3.8, 4) is 0 Å². The van der Waals surface area contributed by atoms with Gasteiger partial charge in [-0.05, 0) is 74.5 Å². The third-order valence-corrected chi connectivity index (χ3v) is 6.62. The van der Waals surface area contributed by atoms with Crippen molar-refractivity contribution in [2.45, 2.75) is 51.0 Å². The lowest BCUT2D eigenvalue weighted by molar-refractivity contribution is 0.400. The summed E-state index contributed by atoms with van der Waals surface area (Å²) in [4.78, 5) is 5.09. The van der Waals surface area contributed by atoms with Crippen LogP contribution in [0.15, 0.2) is 28.1 Å². The fourth-order valence-electron chi connectivity index (χ4n) is 3.72. The Bertz CT molecular complexity index is 759. The first kappa shape index (κ1) is 22.5. The summed E-state index contributed by atoms with van der Waals surface area (Å²) >= 11 is 0. The van der Waals surface area contributed by atoms with E-state index >= 15 is 0 Å². The van der Waals surface area contributed by atoms with Crippen molar-refractivity contribution in [2.75, 3.05) is 19.3 Å². The number of hydrogen-bond acceptors (Lipinski definition) is 3. The monoisotopic (exact) mass is 505 g/mol. The molecule has 27 heavy (non-hydrogen) atoms. The van der Waals surface area contributed by atoms with Gasteiger partial charge < -0.3 is 10.6 Å². The first-order chi connectivity index (χ1) is 12.4. The maximum absolute atomic E-state index is 11.7. The highest BCUT2D eigenvalue weighted by molar-refractivity contribution is 14.0. The van der Waals surface area contributed by atoms with E-state index in [1.807, 2.05) is 19.1 Å². The van der Waals surface area contributed by atoms with Crippen LogP contribution >= 0.6 is 24.0 Å². The van der Waals surface area contributed by atoms with Crippen LogP contribution in [0.3, 0.4) is 0 Å². The second-order valence-corrected chi connectivity index (χ2v) is 9.77. The molecule has 152 valence electrons. The van der Waals surface area contributed by atoms with Crippen molar-refractivity contribution in [2.24, 2.45) is 22.7 Å². The van der Waals surface area contributed by atoms with Crippen LogP contribution in [0.25, 0.3) is 0 Å². The number of aryl methyl sites for hydroxylation is 1. The summed E-state index contributed by atoms with van der Waals surface area (Å²) in [7, 11) is -3.17. The van der Waals surface area contributed by atoms with Gasteiger partial charge in [0.1, 0.15) is 0 Å². The molecule has 1 aromatic rings. The predicted octanol–water partition coefficient (Wildman–Crippen LogP) is 3.51. The van der Waals surface area contributed by atoms with Crippen LogP contribution < -0.4 is 10.6 Å². The van der Waals surface area contributed by atoms with E-state index in [-0.39, 0.29) is 24.0 Å². The standard InChI is InChI=1S/C20H31N3O2S.HI/c1-4-21-20(23-13-18(16-6-7-16)17-8-9-17)22-12-15-5-10-19(14(2)11-15)26(3,24)25;/h5,10-11,16-18H,4,6-9,12-13H2,1-3H3,(H2,21,22,23);1H. The highest BCUT2D eigenvalue weighted by atomic mass is 127. The van der Waals surface area contributed by atoms with E-state index in [4.69, 9.17) is 4.99 Å². The summed E-state index contributed by atoms with van der Waals surface area (Å²) < 4.78 is 23.5. The Kier molecular flexibility index (Phi) is 7.97. The average molecular weight is 505 g/mol. The van der Waals surface area contributed by atoms with Gasteiger partial charge in [-0.3, -0.25) is 0 Å². The van der Waals surface area contributed by atoms with E-state index in [9.17, 15) is 8.42 Å². The molecule has 0 atom stereocenters. The van der Waals surface area contributed by atoms with Crippen LogP contribution in [0.2, 0.25) is 0 Å². The van der Waals surface area contributed by atoms with Gasteiger partial charge in [-0.15, -0.1) is 24.0 Å². The highest BCUT2D eigenvalue weighted by Crippen LogP contribution is 2.48. The van der Waals surface area contributed by atoms with E-state index in [0.717, 1.165) is 47.9 Å². The second kappa shape index (κ2) is 9.58. The van der Waals surface area contributed by atoms with Crippen LogP contribution in [0.4, 0.5) is 0 Å². The first-order valence-electron chi connectivity index (χ1n) is 9.70. The molecule has 0 heterocycles. The van der Waals surface area contributed by atoms with Gasteiger partial charge in [-0.25, -0.2) is 13.4 Å². The van der Waals surface area contributed by atoms with Crippen LogP contribution in [-0.2, 0) is 16.4 Å². The topological polar surface area (TPSA) is 70.6 Å². The smallest absolute Gasteiger partial charge is 0.191 e. The number of halogens is 1. The highest BCUT2D eigenvalue weighted by Gasteiger charge is 2.41. The average Bonchev–Trinajstić information content (AvgIpc) is 3.45. The Hall–Kier alpha value is -0.830. The molecule has 3 rings (SSSR count). The van der Waals surface area contributed by atoms with E-state index in [2.05, 4.69) is 17.6 Å². The van der Waals surface area contributed by atoms with Gasteiger partial charge in [-0.2, -0.15) is 0 Å². The molecular formula is C20H32IN3O2S. The van der Waals surface area contributed by atoms with Crippen molar-refractivity contribution in [3.63, 3.8) is 0 Å². The zero-order valence-electron chi connectivity index (χ0n) is 16.5. The molecule has 2 fully saturated rings. The third kappa shape index (κ3) is 6.62. The fourth-order valence-corrected chi connectivity index (χ4v) is 4.68. The summed E-state index contributed by atoms with van der Waals surface area (Å²) in [5, 5.41) is 6.85. The molecule has 0 aliphatic heterocycles. The number of nitrogens with one attached hydrogen (secondary N) is 2. The lowest BCUT2D eigenvalue weighted by Crippen LogP contribution is -2.40. The molecule has 2 aliphatic rings. The normalized spacial score (nSPS) is 17.6. The van der Waals surface area contributed by atoms with Gasteiger partial charge >= 0.3 is 0 Å². The van der Waals surface area contributed by atoms with Crippen LogP contribution in [-0.4, -0.2) is 33.7 Å². The van der Waals surface area contributed by atoms with Crippen LogP contribution in [0.1, 0.15) is 43.7 Å². The van der Waals surface area contributed by atoms with Gasteiger partial charge in [0.2, 0.25) is 0 Å². The molecular weight excluding hydrogens is 473 g/mol. The molecule has 0 saturated heterocycles. The minimum atomic E-state index is -3.17. The van der Waals surface area contributed by atoms with Gasteiger partial charge in [-0.1, -0.05) is 12.1 Å². The van der Waals surface area contributed by atoms with Gasteiger partial charge in [0, 0.05) is 19.3 Å². The molecule has 5 nitrogen and oxygen atoms in total. The number of aliphatic imine (C=N–C) groups is 1. The van der Waals surface area contributed by atoms with E-state index < -0.39 is 9.84 Å². The van der Waals surface area contributed by atoms with Crippen molar-refractivity contribution in [1.29, 1.82) is 0 Å². The first-order valence-corrected chi connectivity index (χ1v) is 11.6. The largest absolute Gasteiger partial charge is 0.357 e. The molecule has 0 bridgehead atoms. The maximum atomic E-state index is 11.7. The second-order valence-electron chi connectivity index (χ2n) is 7.79. The fraction of sp³-hybridized carbons (Fsp3) is 0.650. The summed E-state index contributed by atoms with van der Waals surface area (Å²) in [6, 6.07) is 5.46. The summed E-state index contributed by atoms with van der Waals surface area (Å²) in [6.07, 6.45) is 6.81. The summed E-state index contributed by atoms with van der Waals surface area (Å²) in [5.41, 5.74) is 1.80. The van der Waals surface area contributed by atoms with E-state index in [0.29, 0.717) is 11.4 Å². The van der Waals surface area contributed by atoms with E-state index in [1.54, 1.807) is 6.07 Å². The molecule has 0 unspecified atom stereocenters. The van der Waals surface area contributed by atoms with Gasteiger partial charge in [0.25, 0.3) is 0 Å². The van der Waals surface area contributed by atoms with Crippen LogP contribution in [0.5, 0.6) is 0 Å². The number of nitrogens with zero attached hydrogens (tertiary/aromatic N) is 1. The Labute approximate surface area is 180 Å². The molecule has 0 radical (unpaired) electrons. The number of sulfone groups is 1. The Balaban J connectivity index is 0.00000261. The van der Waals surface area contributed by atoms with Gasteiger partial charge in [0.05, 0.1) is 11.4 Å².